The molecule has 6 rings (SSSR count). The number of sulfonamides is 1. The molecule has 0 radical (unpaired) electrons. The van der Waals surface area contributed by atoms with Crippen molar-refractivity contribution >= 4 is 44.9 Å². The van der Waals surface area contributed by atoms with Crippen LogP contribution in [0.1, 0.15) is 52.7 Å². The molecule has 2 aliphatic heterocycles. The topological polar surface area (TPSA) is 136 Å². The monoisotopic (exact) mass is 626 g/mol. The molecule has 0 bridgehead atoms. The normalized spacial score (nSPS) is 21.2. The van der Waals surface area contributed by atoms with E-state index in [9.17, 15) is 13.2 Å². The van der Waals surface area contributed by atoms with Crippen molar-refractivity contribution in [2.75, 3.05) is 25.0 Å². The molecule has 1 amide bonds. The van der Waals surface area contributed by atoms with Crippen LogP contribution in [0.3, 0.4) is 0 Å². The molecule has 3 aromatic heterocycles. The number of nitrogens with one attached hydrogen (secondary N) is 2. The Morgan fingerprint density at radius 2 is 2.00 bits per heavy atom. The molecule has 0 aromatic carbocycles. The number of amides is 1. The number of aromatic nitrogens is 5. The highest BCUT2D eigenvalue weighted by Crippen LogP contribution is 2.40. The molecule has 1 saturated carbocycles. The summed E-state index contributed by atoms with van der Waals surface area (Å²) in [5.74, 6) is 0.757. The van der Waals surface area contributed by atoms with Gasteiger partial charge in [-0.2, -0.15) is 5.10 Å². The second kappa shape index (κ2) is 11.3. The van der Waals surface area contributed by atoms with E-state index < -0.39 is 20.2 Å². The van der Waals surface area contributed by atoms with Crippen LogP contribution in [0.2, 0.25) is 0 Å². The van der Waals surface area contributed by atoms with E-state index >= 15 is 0 Å². The highest BCUT2D eigenvalue weighted by atomic mass is 32.3. The first kappa shape index (κ1) is 29.7. The quantitative estimate of drug-likeness (QED) is 0.372. The smallest absolute Gasteiger partial charge is 0.410 e. The molecule has 2 N–H and O–H groups in total. The Kier molecular flexibility index (Phi) is 7.80. The summed E-state index contributed by atoms with van der Waals surface area (Å²) in [7, 11) is -1.64. The number of allylic oxidation sites excluding steroid dienone is 1. The minimum atomic E-state index is -3.50. The summed E-state index contributed by atoms with van der Waals surface area (Å²) >= 11 is 1.28. The average molecular weight is 627 g/mol. The Morgan fingerprint density at radius 1 is 1.21 bits per heavy atom. The molecule has 2 unspecified atom stereocenters. The summed E-state index contributed by atoms with van der Waals surface area (Å²) in [6.07, 6.45) is 13.9. The lowest BCUT2D eigenvalue weighted by Gasteiger charge is -2.30. The summed E-state index contributed by atoms with van der Waals surface area (Å²) < 4.78 is 37.7. The van der Waals surface area contributed by atoms with E-state index in [1.807, 2.05) is 57.6 Å². The Morgan fingerprint density at radius 3 is 2.70 bits per heavy atom. The van der Waals surface area contributed by atoms with Crippen molar-refractivity contribution in [3.63, 3.8) is 0 Å². The summed E-state index contributed by atoms with van der Waals surface area (Å²) in [5.41, 5.74) is 3.29. The van der Waals surface area contributed by atoms with Crippen molar-refractivity contribution < 1.29 is 17.9 Å². The summed E-state index contributed by atoms with van der Waals surface area (Å²) in [4.78, 5) is 24.2. The Hall–Kier alpha value is -3.36. The number of imidazole rings is 1. The number of thioether (sulfide) groups is 1. The third-order valence-corrected chi connectivity index (χ3v) is 11.3. The Balaban J connectivity index is 1.31. The minimum absolute atomic E-state index is 0.197. The van der Waals surface area contributed by atoms with E-state index in [1.54, 1.807) is 22.0 Å². The number of fused-ring (bicyclic) bond motifs is 1. The Labute approximate surface area is 256 Å². The van der Waals surface area contributed by atoms with Gasteiger partial charge in [-0.3, -0.25) is 9.08 Å². The van der Waals surface area contributed by atoms with Gasteiger partial charge in [0, 0.05) is 44.0 Å². The first-order chi connectivity index (χ1) is 20.4. The van der Waals surface area contributed by atoms with E-state index in [1.165, 1.54) is 11.8 Å². The molecule has 0 saturated heterocycles. The van der Waals surface area contributed by atoms with Crippen molar-refractivity contribution in [1.82, 2.24) is 33.8 Å². The van der Waals surface area contributed by atoms with Crippen molar-refractivity contribution in [2.24, 2.45) is 18.9 Å². The van der Waals surface area contributed by atoms with Gasteiger partial charge in [-0.15, -0.1) is 0 Å². The standard InChI is InChI=1S/C29H38N8O4S2/c1-18-11-24(42-27(18)43(39,40)32-12-19-8-9-19)34-25-26-30-14-23(21-13-31-35(5)15-21)37(26)17-22(33-25)20-7-6-10-36(16-20)28(38)41-29(2,3)4/h7,11,13-15,17-19,27,32H,6,8-10,12,16H2,1-5H3,(H,33,34). The molecule has 1 aliphatic carbocycles. The fourth-order valence-corrected chi connectivity index (χ4v) is 8.46. The fraction of sp³-hybridized carbons (Fsp3) is 0.517. The lowest BCUT2D eigenvalue weighted by Crippen LogP contribution is -2.39. The van der Waals surface area contributed by atoms with Crippen molar-refractivity contribution in [3.8, 4) is 11.3 Å². The van der Waals surface area contributed by atoms with Crippen LogP contribution in [0, 0.1) is 11.8 Å². The maximum absolute atomic E-state index is 13.1. The molecular weight excluding hydrogens is 589 g/mol. The van der Waals surface area contributed by atoms with E-state index in [-0.39, 0.29) is 12.0 Å². The van der Waals surface area contributed by atoms with Gasteiger partial charge in [0.25, 0.3) is 0 Å². The van der Waals surface area contributed by atoms with E-state index in [4.69, 9.17) is 9.72 Å². The zero-order valence-electron chi connectivity index (χ0n) is 25.1. The minimum Gasteiger partial charge on any atom is -0.444 e. The molecule has 0 spiro atoms. The number of nitrogens with zero attached hydrogens (tertiary/aromatic N) is 6. The number of anilines is 1. The maximum atomic E-state index is 13.1. The molecule has 2 atom stereocenters. The molecular formula is C29H38N8O4S2. The van der Waals surface area contributed by atoms with Gasteiger partial charge in [0.15, 0.2) is 11.5 Å². The van der Waals surface area contributed by atoms with Crippen molar-refractivity contribution in [2.45, 2.75) is 57.1 Å². The van der Waals surface area contributed by atoms with E-state index in [2.05, 4.69) is 26.2 Å². The van der Waals surface area contributed by atoms with Crippen LogP contribution in [0.15, 0.2) is 42.0 Å². The zero-order chi connectivity index (χ0) is 30.5. The molecule has 12 nitrogen and oxygen atoms in total. The van der Waals surface area contributed by atoms with Gasteiger partial charge in [-0.25, -0.2) is 27.9 Å². The summed E-state index contributed by atoms with van der Waals surface area (Å²) in [5, 5.41) is 8.43. The highest BCUT2D eigenvalue weighted by molar-refractivity contribution is 8.15. The predicted octanol–water partition coefficient (Wildman–Crippen LogP) is 4.45. The fourth-order valence-electron chi connectivity index (χ4n) is 5.17. The number of rotatable bonds is 8. The molecule has 3 aliphatic rings. The first-order valence-electron chi connectivity index (χ1n) is 14.5. The predicted molar refractivity (Wildman–Crippen MR) is 167 cm³/mol. The van der Waals surface area contributed by atoms with Crippen LogP contribution in [0.25, 0.3) is 22.5 Å². The molecule has 43 heavy (non-hydrogen) atoms. The van der Waals surface area contributed by atoms with Gasteiger partial charge in [-0.05, 0) is 57.6 Å². The second-order valence-corrected chi connectivity index (χ2v) is 15.8. The molecule has 14 heteroatoms. The van der Waals surface area contributed by atoms with Gasteiger partial charge in [-0.1, -0.05) is 24.8 Å². The molecule has 230 valence electrons. The number of carbonyl (C=O) groups excluding carboxylic acids is 1. The third-order valence-electron chi connectivity index (χ3n) is 7.53. The average Bonchev–Trinajstić information content (AvgIpc) is 3.31. The van der Waals surface area contributed by atoms with Crippen LogP contribution in [0.4, 0.5) is 10.6 Å². The lowest BCUT2D eigenvalue weighted by atomic mass is 10.1. The third kappa shape index (κ3) is 6.60. The zero-order valence-corrected chi connectivity index (χ0v) is 26.7. The second-order valence-electron chi connectivity index (χ2n) is 12.5. The summed E-state index contributed by atoms with van der Waals surface area (Å²) in [6.45, 7) is 8.89. The number of aryl methyl sites for hydroxylation is 1. The number of hydrogen-bond acceptors (Lipinski definition) is 9. The van der Waals surface area contributed by atoms with Crippen molar-refractivity contribution in [1.29, 1.82) is 0 Å². The van der Waals surface area contributed by atoms with Gasteiger partial charge in [0.05, 0.1) is 35.4 Å². The van der Waals surface area contributed by atoms with Crippen molar-refractivity contribution in [3.05, 3.63) is 47.7 Å². The van der Waals surface area contributed by atoms with Crippen LogP contribution < -0.4 is 10.0 Å². The van der Waals surface area contributed by atoms with Gasteiger partial charge in [0.2, 0.25) is 10.0 Å². The number of carbonyl (C=O) groups is 1. The number of hydrogen-bond donors (Lipinski definition) is 2. The Bertz CT molecular complexity index is 1720. The maximum Gasteiger partial charge on any atom is 0.410 e. The van der Waals surface area contributed by atoms with Gasteiger partial charge >= 0.3 is 6.09 Å². The number of ether oxygens (including phenoxy) is 1. The molecule has 5 heterocycles. The summed E-state index contributed by atoms with van der Waals surface area (Å²) in [6, 6.07) is 0. The van der Waals surface area contributed by atoms with Gasteiger partial charge < -0.3 is 15.0 Å². The van der Waals surface area contributed by atoms with Crippen LogP contribution in [-0.4, -0.2) is 73.4 Å². The highest BCUT2D eigenvalue weighted by Gasteiger charge is 2.37. The van der Waals surface area contributed by atoms with Crippen LogP contribution >= 0.6 is 11.8 Å². The van der Waals surface area contributed by atoms with Gasteiger partial charge in [0.1, 0.15) is 10.2 Å². The van der Waals surface area contributed by atoms with Crippen LogP contribution in [0.5, 0.6) is 0 Å². The largest absolute Gasteiger partial charge is 0.444 e. The first-order valence-corrected chi connectivity index (χ1v) is 17.0. The SMILES string of the molecule is CC1C=C(Nc2nc(C3=CCCN(C(=O)OC(C)(C)C)C3)cn3c(-c4cnn(C)c4)cnc23)SC1S(=O)(=O)NCC1CC1. The van der Waals surface area contributed by atoms with Crippen LogP contribution in [-0.2, 0) is 21.8 Å². The van der Waals surface area contributed by atoms with E-state index in [0.29, 0.717) is 54.2 Å². The molecule has 1 fully saturated rings. The van der Waals surface area contributed by atoms with E-state index in [0.717, 1.165) is 29.7 Å². The lowest BCUT2D eigenvalue weighted by molar-refractivity contribution is 0.0273. The molecule has 3 aromatic rings.